The number of aromatic nitrogens is 6. The highest BCUT2D eigenvalue weighted by molar-refractivity contribution is 5.72. The molecular weight excluding hydrogens is 304 g/mol. The smallest absolute Gasteiger partial charge is 0.301 e. The predicted octanol–water partition coefficient (Wildman–Crippen LogP) is 2.47. The number of hydrogen-bond acceptors (Lipinski definition) is 4. The van der Waals surface area contributed by atoms with E-state index in [0.717, 1.165) is 24.5 Å². The van der Waals surface area contributed by atoms with E-state index in [2.05, 4.69) is 20.1 Å². The zero-order valence-corrected chi connectivity index (χ0v) is 14.4. The van der Waals surface area contributed by atoms with Crippen molar-refractivity contribution in [3.8, 4) is 0 Å². The van der Waals surface area contributed by atoms with E-state index in [0.29, 0.717) is 29.4 Å². The Labute approximate surface area is 140 Å². The van der Waals surface area contributed by atoms with Crippen molar-refractivity contribution in [3.05, 3.63) is 22.0 Å². The highest BCUT2D eigenvalue weighted by Gasteiger charge is 2.20. The zero-order chi connectivity index (χ0) is 16.7. The number of rotatable bonds is 4. The number of hydrogen-bond donors (Lipinski definition) is 1. The summed E-state index contributed by atoms with van der Waals surface area (Å²) < 4.78 is 3.42. The molecule has 1 aliphatic rings. The van der Waals surface area contributed by atoms with E-state index in [1.807, 2.05) is 18.4 Å². The molecule has 3 aromatic heterocycles. The molecule has 0 spiro atoms. The van der Waals surface area contributed by atoms with Gasteiger partial charge >= 0.3 is 5.56 Å². The molecule has 7 heteroatoms. The van der Waals surface area contributed by atoms with Gasteiger partial charge in [-0.25, -0.2) is 4.98 Å². The van der Waals surface area contributed by atoms with Gasteiger partial charge in [-0.3, -0.25) is 9.36 Å². The van der Waals surface area contributed by atoms with Crippen molar-refractivity contribution in [2.75, 3.05) is 0 Å². The molecule has 1 saturated carbocycles. The summed E-state index contributed by atoms with van der Waals surface area (Å²) in [5.74, 6) is 2.86. The van der Waals surface area contributed by atoms with Gasteiger partial charge in [0.1, 0.15) is 5.82 Å². The first-order valence-electron chi connectivity index (χ1n) is 9.08. The fourth-order valence-corrected chi connectivity index (χ4v) is 3.81. The van der Waals surface area contributed by atoms with Crippen molar-refractivity contribution >= 4 is 16.9 Å². The van der Waals surface area contributed by atoms with E-state index in [1.54, 1.807) is 0 Å². The van der Waals surface area contributed by atoms with Crippen molar-refractivity contribution < 1.29 is 0 Å². The van der Waals surface area contributed by atoms with Gasteiger partial charge in [-0.15, -0.1) is 5.10 Å². The monoisotopic (exact) mass is 328 g/mol. The lowest BCUT2D eigenvalue weighted by atomic mass is 9.87. The molecule has 1 N–H and O–H groups in total. The van der Waals surface area contributed by atoms with E-state index in [4.69, 9.17) is 0 Å². The van der Waals surface area contributed by atoms with Crippen LogP contribution in [-0.2, 0) is 19.4 Å². The Morgan fingerprint density at radius 1 is 1.17 bits per heavy atom. The summed E-state index contributed by atoms with van der Waals surface area (Å²) >= 11 is 0. The molecule has 7 nitrogen and oxygen atoms in total. The van der Waals surface area contributed by atoms with Crippen LogP contribution in [-0.4, -0.2) is 29.1 Å². The Bertz CT molecular complexity index is 928. The third-order valence-corrected chi connectivity index (χ3v) is 5.12. The largest absolute Gasteiger partial charge is 0.336 e. The Morgan fingerprint density at radius 3 is 2.67 bits per heavy atom. The summed E-state index contributed by atoms with van der Waals surface area (Å²) in [4.78, 5) is 25.2. The number of aromatic amines is 1. The zero-order valence-electron chi connectivity index (χ0n) is 14.4. The highest BCUT2D eigenvalue weighted by atomic mass is 16.1. The van der Waals surface area contributed by atoms with Crippen molar-refractivity contribution in [3.63, 3.8) is 0 Å². The number of nitrogens with one attached hydrogen (secondary N) is 1. The second-order valence-electron chi connectivity index (χ2n) is 6.73. The number of imidazole rings is 1. The van der Waals surface area contributed by atoms with Crippen molar-refractivity contribution in [1.29, 1.82) is 0 Å². The van der Waals surface area contributed by atoms with Gasteiger partial charge in [0.15, 0.2) is 17.0 Å². The SMILES string of the molecule is CCc1nc2c([nH]1)c(=O)n1nc(CC3CCCCC3)nc1n2CC. The van der Waals surface area contributed by atoms with Gasteiger partial charge in [-0.2, -0.15) is 9.50 Å². The molecule has 0 atom stereocenters. The van der Waals surface area contributed by atoms with Gasteiger partial charge in [0, 0.05) is 19.4 Å². The third-order valence-electron chi connectivity index (χ3n) is 5.12. The molecule has 3 heterocycles. The van der Waals surface area contributed by atoms with Gasteiger partial charge in [0.2, 0.25) is 5.78 Å². The molecule has 128 valence electrons. The first-order valence-corrected chi connectivity index (χ1v) is 9.08. The fraction of sp³-hybridized carbons (Fsp3) is 0.647. The van der Waals surface area contributed by atoms with E-state index >= 15 is 0 Å². The summed E-state index contributed by atoms with van der Waals surface area (Å²) in [6.07, 6.45) is 8.06. The lowest BCUT2D eigenvalue weighted by Crippen LogP contribution is -2.20. The molecule has 24 heavy (non-hydrogen) atoms. The van der Waals surface area contributed by atoms with Crippen LogP contribution >= 0.6 is 0 Å². The lowest BCUT2D eigenvalue weighted by molar-refractivity contribution is 0.351. The van der Waals surface area contributed by atoms with E-state index in [9.17, 15) is 4.79 Å². The van der Waals surface area contributed by atoms with Crippen LogP contribution in [0.3, 0.4) is 0 Å². The molecule has 4 rings (SSSR count). The summed E-state index contributed by atoms with van der Waals surface area (Å²) in [7, 11) is 0. The van der Waals surface area contributed by atoms with Gasteiger partial charge in [0.05, 0.1) is 0 Å². The van der Waals surface area contributed by atoms with Crippen LogP contribution in [0.2, 0.25) is 0 Å². The van der Waals surface area contributed by atoms with Crippen LogP contribution in [0.5, 0.6) is 0 Å². The van der Waals surface area contributed by atoms with Crippen LogP contribution in [0, 0.1) is 5.92 Å². The second-order valence-corrected chi connectivity index (χ2v) is 6.73. The van der Waals surface area contributed by atoms with Crippen LogP contribution in [0.1, 0.15) is 57.6 Å². The number of H-pyrrole nitrogens is 1. The first-order chi connectivity index (χ1) is 11.7. The Kier molecular flexibility index (Phi) is 3.86. The molecule has 0 amide bonds. The number of nitrogens with zero attached hydrogens (tertiary/aromatic N) is 5. The van der Waals surface area contributed by atoms with E-state index in [1.165, 1.54) is 36.6 Å². The molecule has 3 aromatic rings. The Balaban J connectivity index is 1.83. The summed E-state index contributed by atoms with van der Waals surface area (Å²) in [6.45, 7) is 4.76. The number of fused-ring (bicyclic) bond motifs is 2. The van der Waals surface area contributed by atoms with E-state index < -0.39 is 0 Å². The Morgan fingerprint density at radius 2 is 1.96 bits per heavy atom. The average molecular weight is 328 g/mol. The maximum atomic E-state index is 12.8. The van der Waals surface area contributed by atoms with Gasteiger partial charge in [-0.05, 0) is 12.8 Å². The van der Waals surface area contributed by atoms with Crippen LogP contribution in [0.15, 0.2) is 4.79 Å². The highest BCUT2D eigenvalue weighted by Crippen LogP contribution is 2.26. The molecular formula is C17H24N6O. The molecule has 0 aliphatic heterocycles. The van der Waals surface area contributed by atoms with Crippen LogP contribution in [0.25, 0.3) is 16.9 Å². The van der Waals surface area contributed by atoms with Crippen LogP contribution in [0.4, 0.5) is 0 Å². The second kappa shape index (κ2) is 6.03. The summed E-state index contributed by atoms with van der Waals surface area (Å²) in [6, 6.07) is 0. The first kappa shape index (κ1) is 15.4. The Hall–Kier alpha value is -2.18. The third kappa shape index (κ3) is 2.42. The standard InChI is InChI=1S/C17H24N6O/c1-3-12-18-14-15(19-12)22(4-2)17-20-13(21-23(17)16(14)24)10-11-8-6-5-7-9-11/h11H,3-10H2,1-2H3,(H,18,19). The molecule has 1 fully saturated rings. The number of aryl methyl sites for hydroxylation is 2. The average Bonchev–Trinajstić information content (AvgIpc) is 3.21. The molecule has 0 radical (unpaired) electrons. The fourth-order valence-electron chi connectivity index (χ4n) is 3.81. The molecule has 0 saturated heterocycles. The van der Waals surface area contributed by atoms with Crippen molar-refractivity contribution in [2.24, 2.45) is 5.92 Å². The van der Waals surface area contributed by atoms with Gasteiger partial charge < -0.3 is 4.98 Å². The van der Waals surface area contributed by atoms with Crippen molar-refractivity contribution in [1.82, 2.24) is 29.1 Å². The topological polar surface area (TPSA) is 80.9 Å². The van der Waals surface area contributed by atoms with E-state index in [-0.39, 0.29) is 5.56 Å². The minimum Gasteiger partial charge on any atom is -0.336 e. The molecule has 0 aromatic carbocycles. The summed E-state index contributed by atoms with van der Waals surface area (Å²) in [5, 5.41) is 4.52. The van der Waals surface area contributed by atoms with Crippen LogP contribution < -0.4 is 5.56 Å². The minimum absolute atomic E-state index is 0.153. The summed E-state index contributed by atoms with van der Waals surface area (Å²) in [5.41, 5.74) is 1.05. The maximum absolute atomic E-state index is 12.8. The minimum atomic E-state index is -0.153. The van der Waals surface area contributed by atoms with Crippen molar-refractivity contribution in [2.45, 2.75) is 65.3 Å². The quantitative estimate of drug-likeness (QED) is 0.798. The molecule has 0 bridgehead atoms. The molecule has 1 aliphatic carbocycles. The maximum Gasteiger partial charge on any atom is 0.301 e. The predicted molar refractivity (Wildman–Crippen MR) is 92.2 cm³/mol. The van der Waals surface area contributed by atoms with Gasteiger partial charge in [-0.1, -0.05) is 39.0 Å². The lowest BCUT2D eigenvalue weighted by Gasteiger charge is -2.19. The van der Waals surface area contributed by atoms with Gasteiger partial charge in [0.25, 0.3) is 0 Å². The normalized spacial score (nSPS) is 16.4. The molecule has 0 unspecified atom stereocenters.